The molecule has 1 atom stereocenters. The van der Waals surface area contributed by atoms with Crippen LogP contribution in [0.5, 0.6) is 5.75 Å². The number of halogens is 1. The lowest BCUT2D eigenvalue weighted by Gasteiger charge is -2.10. The number of hydrogen-bond donors (Lipinski definition) is 2. The van der Waals surface area contributed by atoms with Crippen molar-refractivity contribution >= 4 is 22.6 Å². The van der Waals surface area contributed by atoms with E-state index in [2.05, 4.69) is 0 Å². The van der Waals surface area contributed by atoms with Gasteiger partial charge in [-0.2, -0.15) is 0 Å². The molecule has 96 valence electrons. The quantitative estimate of drug-likeness (QED) is 0.659. The van der Waals surface area contributed by atoms with E-state index in [4.69, 9.17) is 16.0 Å². The average molecular weight is 269 g/mol. The van der Waals surface area contributed by atoms with Crippen molar-refractivity contribution in [3.8, 4) is 5.75 Å². The number of hydrogen-bond acceptors (Lipinski definition) is 4. The average Bonchev–Trinajstić information content (AvgIpc) is 2.33. The normalized spacial score (nSPS) is 12.8. The van der Waals surface area contributed by atoms with Crippen LogP contribution in [0.25, 0.3) is 11.0 Å². The summed E-state index contributed by atoms with van der Waals surface area (Å²) in [6.07, 6.45) is -0.614. The Balaban J connectivity index is 2.62. The smallest absolute Gasteiger partial charge is 0.339 e. The molecule has 0 radical (unpaired) electrons. The van der Waals surface area contributed by atoms with Gasteiger partial charge in [-0.1, -0.05) is 0 Å². The van der Waals surface area contributed by atoms with Gasteiger partial charge in [0.25, 0.3) is 0 Å². The second-order valence-corrected chi connectivity index (χ2v) is 4.49. The Labute approximate surface area is 108 Å². The zero-order chi connectivity index (χ0) is 13.3. The van der Waals surface area contributed by atoms with Crippen LogP contribution in [0, 0.1) is 6.92 Å². The van der Waals surface area contributed by atoms with Gasteiger partial charge in [-0.05, 0) is 24.6 Å². The molecule has 2 rings (SSSR count). The van der Waals surface area contributed by atoms with Gasteiger partial charge < -0.3 is 14.6 Å². The van der Waals surface area contributed by atoms with E-state index in [0.29, 0.717) is 11.1 Å². The first-order valence-electron chi connectivity index (χ1n) is 5.52. The minimum atomic E-state index is -0.775. The molecule has 0 fully saturated rings. The summed E-state index contributed by atoms with van der Waals surface area (Å²) in [5.74, 6) is 0.102. The highest BCUT2D eigenvalue weighted by atomic mass is 35.5. The number of phenols is 1. The van der Waals surface area contributed by atoms with Crippen molar-refractivity contribution < 1.29 is 14.6 Å². The number of alkyl halides is 1. The van der Waals surface area contributed by atoms with Crippen molar-refractivity contribution in [2.24, 2.45) is 0 Å². The third kappa shape index (κ3) is 2.35. The number of aliphatic hydroxyl groups is 1. The number of benzene rings is 1. The summed E-state index contributed by atoms with van der Waals surface area (Å²) >= 11 is 5.53. The van der Waals surface area contributed by atoms with Crippen LogP contribution in [-0.2, 0) is 6.42 Å². The largest absolute Gasteiger partial charge is 0.508 e. The molecule has 2 aromatic rings. The third-order valence-corrected chi connectivity index (χ3v) is 3.25. The van der Waals surface area contributed by atoms with Gasteiger partial charge in [0.1, 0.15) is 11.3 Å². The molecule has 1 heterocycles. The summed E-state index contributed by atoms with van der Waals surface area (Å²) < 4.78 is 5.13. The highest BCUT2D eigenvalue weighted by Crippen LogP contribution is 2.23. The van der Waals surface area contributed by atoms with Crippen molar-refractivity contribution in [2.45, 2.75) is 19.4 Å². The van der Waals surface area contributed by atoms with Crippen LogP contribution in [0.4, 0.5) is 0 Å². The minimum absolute atomic E-state index is 0.0404. The van der Waals surface area contributed by atoms with E-state index < -0.39 is 11.7 Å². The van der Waals surface area contributed by atoms with E-state index in [9.17, 15) is 15.0 Å². The molecule has 0 spiro atoms. The van der Waals surface area contributed by atoms with E-state index in [-0.39, 0.29) is 18.1 Å². The summed E-state index contributed by atoms with van der Waals surface area (Å²) in [6.45, 7) is 1.78. The zero-order valence-corrected chi connectivity index (χ0v) is 10.6. The highest BCUT2D eigenvalue weighted by molar-refractivity contribution is 6.18. The van der Waals surface area contributed by atoms with Gasteiger partial charge in [0, 0.05) is 29.3 Å². The van der Waals surface area contributed by atoms with E-state index >= 15 is 0 Å². The number of fused-ring (bicyclic) bond motifs is 1. The Hall–Kier alpha value is -1.52. The maximum absolute atomic E-state index is 11.8. The molecule has 5 heteroatoms. The molecule has 2 N–H and O–H groups in total. The summed E-state index contributed by atoms with van der Waals surface area (Å²) in [4.78, 5) is 11.8. The molecule has 0 aliphatic heterocycles. The van der Waals surface area contributed by atoms with Gasteiger partial charge in [-0.25, -0.2) is 4.79 Å². The summed E-state index contributed by atoms with van der Waals surface area (Å²) in [5, 5.41) is 19.6. The standard InChI is InChI=1S/C13H13ClO4/c1-7-10-3-2-8(15)5-12(10)18-13(17)11(7)4-9(16)6-14/h2-3,5,9,15-16H,4,6H2,1H3. The monoisotopic (exact) mass is 268 g/mol. The van der Waals surface area contributed by atoms with Gasteiger partial charge in [-0.15, -0.1) is 11.6 Å². The zero-order valence-electron chi connectivity index (χ0n) is 9.81. The molecule has 18 heavy (non-hydrogen) atoms. The van der Waals surface area contributed by atoms with Crippen molar-refractivity contribution in [3.63, 3.8) is 0 Å². The second kappa shape index (κ2) is 5.00. The molecular weight excluding hydrogens is 256 g/mol. The van der Waals surface area contributed by atoms with Gasteiger partial charge in [-0.3, -0.25) is 0 Å². The molecular formula is C13H13ClO4. The lowest BCUT2D eigenvalue weighted by molar-refractivity contribution is 0.197. The molecule has 1 unspecified atom stereocenters. The van der Waals surface area contributed by atoms with Crippen LogP contribution in [0.15, 0.2) is 27.4 Å². The topological polar surface area (TPSA) is 70.7 Å². The Bertz CT molecular complexity index is 633. The SMILES string of the molecule is Cc1c(CC(O)CCl)c(=O)oc2cc(O)ccc12. The first kappa shape index (κ1) is 12.9. The maximum atomic E-state index is 11.8. The van der Waals surface area contributed by atoms with Crippen molar-refractivity contribution in [1.29, 1.82) is 0 Å². The second-order valence-electron chi connectivity index (χ2n) is 4.19. The number of rotatable bonds is 3. The molecule has 0 saturated heterocycles. The van der Waals surface area contributed by atoms with Crippen LogP contribution in [0.3, 0.4) is 0 Å². The molecule has 0 aliphatic rings. The van der Waals surface area contributed by atoms with Crippen LogP contribution in [0.1, 0.15) is 11.1 Å². The van der Waals surface area contributed by atoms with Crippen LogP contribution in [0.2, 0.25) is 0 Å². The first-order valence-corrected chi connectivity index (χ1v) is 6.05. The first-order chi connectivity index (χ1) is 8.52. The number of aliphatic hydroxyl groups excluding tert-OH is 1. The third-order valence-electron chi connectivity index (χ3n) is 2.89. The lowest BCUT2D eigenvalue weighted by atomic mass is 10.0. The van der Waals surface area contributed by atoms with Crippen molar-refractivity contribution in [2.75, 3.05) is 5.88 Å². The van der Waals surface area contributed by atoms with E-state index in [0.717, 1.165) is 10.9 Å². The maximum Gasteiger partial charge on any atom is 0.339 e. The van der Waals surface area contributed by atoms with Gasteiger partial charge in [0.15, 0.2) is 0 Å². The summed E-state index contributed by atoms with van der Waals surface area (Å²) in [6, 6.07) is 4.60. The molecule has 1 aromatic heterocycles. The lowest BCUT2D eigenvalue weighted by Crippen LogP contribution is -2.19. The van der Waals surface area contributed by atoms with E-state index in [1.54, 1.807) is 13.0 Å². The van der Waals surface area contributed by atoms with Crippen LogP contribution in [-0.4, -0.2) is 22.2 Å². The van der Waals surface area contributed by atoms with Crippen molar-refractivity contribution in [3.05, 3.63) is 39.7 Å². The Morgan fingerprint density at radius 1 is 1.44 bits per heavy atom. The molecule has 0 aliphatic carbocycles. The molecule has 4 nitrogen and oxygen atoms in total. The number of phenolic OH excluding ortho intramolecular Hbond substituents is 1. The summed E-state index contributed by atoms with van der Waals surface area (Å²) in [5.41, 5.74) is 0.989. The van der Waals surface area contributed by atoms with E-state index in [1.807, 2.05) is 0 Å². The predicted octanol–water partition coefficient (Wildman–Crippen LogP) is 1.95. The fraction of sp³-hybridized carbons (Fsp3) is 0.308. The van der Waals surface area contributed by atoms with Crippen LogP contribution >= 0.6 is 11.6 Å². The minimum Gasteiger partial charge on any atom is -0.508 e. The Morgan fingerprint density at radius 2 is 2.17 bits per heavy atom. The number of aryl methyl sites for hydroxylation is 1. The fourth-order valence-corrected chi connectivity index (χ4v) is 2.02. The number of aromatic hydroxyl groups is 1. The molecule has 1 aromatic carbocycles. The molecule has 0 saturated carbocycles. The van der Waals surface area contributed by atoms with Gasteiger partial charge in [0.05, 0.1) is 6.10 Å². The predicted molar refractivity (Wildman–Crippen MR) is 69.3 cm³/mol. The van der Waals surface area contributed by atoms with Crippen molar-refractivity contribution in [1.82, 2.24) is 0 Å². The Kier molecular flexibility index (Phi) is 3.59. The van der Waals surface area contributed by atoms with Gasteiger partial charge >= 0.3 is 5.63 Å². The van der Waals surface area contributed by atoms with Gasteiger partial charge in [0.2, 0.25) is 0 Å². The summed E-state index contributed by atoms with van der Waals surface area (Å²) in [7, 11) is 0. The highest BCUT2D eigenvalue weighted by Gasteiger charge is 2.15. The van der Waals surface area contributed by atoms with E-state index in [1.165, 1.54) is 12.1 Å². The molecule has 0 bridgehead atoms. The van der Waals surface area contributed by atoms with Crippen LogP contribution < -0.4 is 5.63 Å². The fourth-order valence-electron chi connectivity index (χ4n) is 1.91. The Morgan fingerprint density at radius 3 is 2.83 bits per heavy atom. The molecule has 0 amide bonds.